The lowest BCUT2D eigenvalue weighted by Crippen LogP contribution is -2.17. The molecule has 0 fully saturated rings. The summed E-state index contributed by atoms with van der Waals surface area (Å²) in [6, 6.07) is 4.80. The number of hydrogen-bond donors (Lipinski definition) is 0. The average Bonchev–Trinajstić information content (AvgIpc) is 2.77. The number of carbonyl (C=O) groups excluding carboxylic acids is 1. The summed E-state index contributed by atoms with van der Waals surface area (Å²) < 4.78 is 13.4. The first-order valence-electron chi connectivity index (χ1n) is 7.49. The molecule has 0 aliphatic heterocycles. The number of carbonyl (C=O) groups is 1. The smallest absolute Gasteiger partial charge is 0.169 e. The fraction of sp³-hybridized carbons (Fsp3) is 0.250. The minimum atomic E-state index is -0.238. The number of rotatable bonds is 1. The highest BCUT2D eigenvalue weighted by Gasteiger charge is 2.25. The summed E-state index contributed by atoms with van der Waals surface area (Å²) in [5, 5.41) is 0. The predicted octanol–water partition coefficient (Wildman–Crippen LogP) is 5.11. The van der Waals surface area contributed by atoms with E-state index in [1.165, 1.54) is 6.07 Å². The van der Waals surface area contributed by atoms with Crippen molar-refractivity contribution in [3.63, 3.8) is 0 Å². The maximum absolute atomic E-state index is 13.4. The summed E-state index contributed by atoms with van der Waals surface area (Å²) in [6.07, 6.45) is 6.01. The van der Waals surface area contributed by atoms with Gasteiger partial charge in [-0.1, -0.05) is 29.9 Å². The van der Waals surface area contributed by atoms with Crippen molar-refractivity contribution in [3.8, 4) is 0 Å². The summed E-state index contributed by atoms with van der Waals surface area (Å²) >= 11 is 0. The molecule has 112 valence electrons. The molecule has 0 spiro atoms. The van der Waals surface area contributed by atoms with Gasteiger partial charge in [0, 0.05) is 0 Å². The highest BCUT2D eigenvalue weighted by Crippen LogP contribution is 2.38. The van der Waals surface area contributed by atoms with Gasteiger partial charge in [-0.15, -0.1) is 0 Å². The number of hydrogen-bond acceptors (Lipinski definition) is 1. The van der Waals surface area contributed by atoms with Crippen molar-refractivity contribution < 1.29 is 9.18 Å². The molecule has 2 heteroatoms. The third-order valence-electron chi connectivity index (χ3n) is 4.70. The van der Waals surface area contributed by atoms with Crippen molar-refractivity contribution in [2.24, 2.45) is 5.92 Å². The van der Waals surface area contributed by atoms with Crippen molar-refractivity contribution in [1.82, 2.24) is 0 Å². The molecule has 1 atom stereocenters. The lowest BCUT2D eigenvalue weighted by molar-refractivity contribution is -0.116. The van der Waals surface area contributed by atoms with Crippen molar-refractivity contribution in [2.45, 2.75) is 27.7 Å². The van der Waals surface area contributed by atoms with E-state index in [1.54, 1.807) is 12.1 Å². The van der Waals surface area contributed by atoms with E-state index in [1.807, 2.05) is 45.9 Å². The lowest BCUT2D eigenvalue weighted by Gasteiger charge is -2.19. The number of allylic oxidation sites excluding steroid dienone is 7. The summed E-state index contributed by atoms with van der Waals surface area (Å²) in [4.78, 5) is 12.5. The first-order chi connectivity index (χ1) is 10.4. The Hall–Kier alpha value is -2.22. The van der Waals surface area contributed by atoms with E-state index >= 15 is 0 Å². The topological polar surface area (TPSA) is 17.1 Å². The van der Waals surface area contributed by atoms with E-state index in [0.29, 0.717) is 0 Å². The molecule has 22 heavy (non-hydrogen) atoms. The molecular weight excluding hydrogens is 275 g/mol. The van der Waals surface area contributed by atoms with Gasteiger partial charge in [-0.05, 0) is 73.2 Å². The van der Waals surface area contributed by atoms with Gasteiger partial charge in [-0.2, -0.15) is 0 Å². The van der Waals surface area contributed by atoms with E-state index in [0.717, 1.165) is 39.0 Å². The van der Waals surface area contributed by atoms with E-state index < -0.39 is 0 Å². The maximum Gasteiger partial charge on any atom is 0.169 e. The third kappa shape index (κ3) is 2.29. The molecule has 1 aromatic rings. The van der Waals surface area contributed by atoms with Gasteiger partial charge >= 0.3 is 0 Å². The van der Waals surface area contributed by atoms with E-state index in [9.17, 15) is 9.18 Å². The van der Waals surface area contributed by atoms with Crippen molar-refractivity contribution in [2.75, 3.05) is 0 Å². The minimum absolute atomic E-state index is 0.152. The van der Waals surface area contributed by atoms with Crippen LogP contribution in [0.2, 0.25) is 0 Å². The molecule has 0 saturated heterocycles. The molecule has 1 nitrogen and oxygen atoms in total. The fourth-order valence-corrected chi connectivity index (χ4v) is 3.15. The van der Waals surface area contributed by atoms with Crippen LogP contribution >= 0.6 is 0 Å². The second kappa shape index (κ2) is 5.20. The summed E-state index contributed by atoms with van der Waals surface area (Å²) in [5.41, 5.74) is 7.05. The Bertz CT molecular complexity index is 803. The van der Waals surface area contributed by atoms with Crippen LogP contribution in [0.15, 0.2) is 52.6 Å². The molecule has 0 heterocycles. The van der Waals surface area contributed by atoms with Crippen LogP contribution in [0.3, 0.4) is 0 Å². The Morgan fingerprint density at radius 2 is 1.77 bits per heavy atom. The van der Waals surface area contributed by atoms with Crippen LogP contribution < -0.4 is 0 Å². The standard InChI is InChI=1S/C20H19FO/c1-11-7-16(20(22)14(4)13(11)3)10-19-12(2)8-15-9-17(21)5-6-18(15)19/h5-10,16H,1-4H3/b19-10-. The highest BCUT2D eigenvalue weighted by molar-refractivity contribution is 6.04. The van der Waals surface area contributed by atoms with Gasteiger partial charge in [0.2, 0.25) is 0 Å². The largest absolute Gasteiger partial charge is 0.294 e. The number of ketones is 1. The van der Waals surface area contributed by atoms with E-state index in [4.69, 9.17) is 0 Å². The summed E-state index contributed by atoms with van der Waals surface area (Å²) in [6.45, 7) is 7.92. The van der Waals surface area contributed by atoms with Crippen LogP contribution in [0.4, 0.5) is 4.39 Å². The zero-order chi connectivity index (χ0) is 16.0. The molecule has 3 rings (SSSR count). The molecule has 2 aliphatic rings. The van der Waals surface area contributed by atoms with Crippen molar-refractivity contribution >= 4 is 17.4 Å². The molecule has 0 amide bonds. The minimum Gasteiger partial charge on any atom is -0.294 e. The fourth-order valence-electron chi connectivity index (χ4n) is 3.15. The monoisotopic (exact) mass is 294 g/mol. The molecule has 0 bridgehead atoms. The first kappa shape index (κ1) is 14.7. The van der Waals surface area contributed by atoms with Gasteiger partial charge in [0.25, 0.3) is 0 Å². The van der Waals surface area contributed by atoms with Gasteiger partial charge in [0.05, 0.1) is 5.92 Å². The second-order valence-corrected chi connectivity index (χ2v) is 6.13. The quantitative estimate of drug-likeness (QED) is 0.703. The number of fused-ring (bicyclic) bond motifs is 1. The van der Waals surface area contributed by atoms with E-state index in [2.05, 4.69) is 0 Å². The van der Waals surface area contributed by atoms with E-state index in [-0.39, 0.29) is 17.5 Å². The average molecular weight is 294 g/mol. The molecule has 0 N–H and O–H groups in total. The summed E-state index contributed by atoms with van der Waals surface area (Å²) in [5.74, 6) is -0.319. The van der Waals surface area contributed by atoms with Gasteiger partial charge in [-0.25, -0.2) is 4.39 Å². The maximum atomic E-state index is 13.4. The Morgan fingerprint density at radius 1 is 1.05 bits per heavy atom. The van der Waals surface area contributed by atoms with Gasteiger partial charge in [-0.3, -0.25) is 4.79 Å². The van der Waals surface area contributed by atoms with Crippen LogP contribution in [0, 0.1) is 11.7 Å². The lowest BCUT2D eigenvalue weighted by atomic mass is 9.83. The SMILES string of the molecule is CC1=CC(/C=C2/C(C)=Cc3cc(F)ccc32)C(=O)C(C)=C1C. The molecule has 0 radical (unpaired) electrons. The number of Topliss-reactive ketones (excluding diaryl/α,β-unsaturated/α-hetero) is 1. The van der Waals surface area contributed by atoms with Gasteiger partial charge in [0.15, 0.2) is 5.78 Å². The van der Waals surface area contributed by atoms with Crippen LogP contribution in [-0.4, -0.2) is 5.78 Å². The zero-order valence-electron chi connectivity index (χ0n) is 13.3. The van der Waals surface area contributed by atoms with Crippen LogP contribution in [0.5, 0.6) is 0 Å². The Morgan fingerprint density at radius 3 is 2.50 bits per heavy atom. The third-order valence-corrected chi connectivity index (χ3v) is 4.70. The molecule has 0 saturated carbocycles. The highest BCUT2D eigenvalue weighted by atomic mass is 19.1. The Kier molecular flexibility index (Phi) is 3.48. The van der Waals surface area contributed by atoms with Gasteiger partial charge in [0.1, 0.15) is 5.82 Å². The van der Waals surface area contributed by atoms with Gasteiger partial charge < -0.3 is 0 Å². The number of halogens is 1. The second-order valence-electron chi connectivity index (χ2n) is 6.13. The number of benzene rings is 1. The predicted molar refractivity (Wildman–Crippen MR) is 88.7 cm³/mol. The normalized spacial score (nSPS) is 22.9. The molecule has 0 aromatic heterocycles. The molecule has 1 unspecified atom stereocenters. The summed E-state index contributed by atoms with van der Waals surface area (Å²) in [7, 11) is 0. The first-order valence-corrected chi connectivity index (χ1v) is 7.49. The van der Waals surface area contributed by atoms with Crippen molar-refractivity contribution in [3.05, 3.63) is 69.6 Å². The Balaban J connectivity index is 2.05. The van der Waals surface area contributed by atoms with Crippen LogP contribution in [0.25, 0.3) is 11.6 Å². The zero-order valence-corrected chi connectivity index (χ0v) is 13.3. The molecular formula is C20H19FO. The van der Waals surface area contributed by atoms with Crippen LogP contribution in [-0.2, 0) is 4.79 Å². The molecule has 1 aromatic carbocycles. The van der Waals surface area contributed by atoms with Crippen LogP contribution in [0.1, 0.15) is 38.8 Å². The van der Waals surface area contributed by atoms with Crippen molar-refractivity contribution in [1.29, 1.82) is 0 Å². The Labute approximate surface area is 130 Å². The molecule has 2 aliphatic carbocycles.